The molecule has 1 aliphatic carbocycles. The van der Waals surface area contributed by atoms with Crippen LogP contribution in [0.4, 0.5) is 0 Å². The van der Waals surface area contributed by atoms with Crippen molar-refractivity contribution in [1.82, 2.24) is 0 Å². The normalized spacial score (nSPS) is 20.8. The number of ether oxygens (including phenoxy) is 1. The van der Waals surface area contributed by atoms with Gasteiger partial charge in [-0.2, -0.15) is 0 Å². The molecule has 0 amide bonds. The monoisotopic (exact) mass is 660 g/mol. The Kier molecular flexibility index (Phi) is 12.1. The predicted molar refractivity (Wildman–Crippen MR) is 190 cm³/mol. The first-order valence-electron chi connectivity index (χ1n) is 16.7. The summed E-state index contributed by atoms with van der Waals surface area (Å²) in [6.07, 6.45) is 12.5. The van der Waals surface area contributed by atoms with Crippen LogP contribution in [0.3, 0.4) is 0 Å². The second kappa shape index (κ2) is 15.3. The quantitative estimate of drug-likeness (QED) is 0.0879. The second-order valence-corrected chi connectivity index (χ2v) is 14.1. The van der Waals surface area contributed by atoms with Gasteiger partial charge < -0.3 is 25.2 Å². The highest BCUT2D eigenvalue weighted by Crippen LogP contribution is 2.50. The van der Waals surface area contributed by atoms with Crippen LogP contribution in [0.5, 0.6) is 17.2 Å². The molecule has 4 N–H and O–H groups in total. The van der Waals surface area contributed by atoms with E-state index < -0.39 is 63.4 Å². The summed E-state index contributed by atoms with van der Waals surface area (Å²) in [5.74, 6) is -3.86. The van der Waals surface area contributed by atoms with Crippen molar-refractivity contribution in [2.24, 2.45) is 5.41 Å². The molecule has 0 spiro atoms. The largest absolute Gasteiger partial charge is 0.511 e. The molecule has 3 rings (SSSR count). The van der Waals surface area contributed by atoms with Crippen LogP contribution >= 0.6 is 0 Å². The Balaban J connectivity index is 2.19. The molecule has 0 aromatic heterocycles. The highest BCUT2D eigenvalue weighted by Gasteiger charge is 2.47. The predicted octanol–water partition coefficient (Wildman–Crippen LogP) is 9.42. The Morgan fingerprint density at radius 1 is 0.875 bits per heavy atom. The summed E-state index contributed by atoms with van der Waals surface area (Å²) in [4.78, 5) is 39.9. The summed E-state index contributed by atoms with van der Waals surface area (Å²) in [5.41, 5.74) is 0.209. The molecule has 0 fully saturated rings. The summed E-state index contributed by atoms with van der Waals surface area (Å²) in [5, 5.41) is 46.2. The number of aliphatic hydroxyl groups is 2. The molecule has 1 heterocycles. The van der Waals surface area contributed by atoms with Crippen molar-refractivity contribution in [3.8, 4) is 17.2 Å². The number of phenols is 2. The number of hydrogen-bond acceptors (Lipinski definition) is 8. The van der Waals surface area contributed by atoms with Crippen molar-refractivity contribution < 1.29 is 39.5 Å². The summed E-state index contributed by atoms with van der Waals surface area (Å²) < 4.78 is 6.36. The van der Waals surface area contributed by atoms with Crippen LogP contribution in [0.2, 0.25) is 0 Å². The number of carbonyl (C=O) groups excluding carboxylic acids is 3. The van der Waals surface area contributed by atoms with Gasteiger partial charge in [0, 0.05) is 24.0 Å². The number of benzene rings is 1. The molecule has 0 saturated heterocycles. The van der Waals surface area contributed by atoms with Gasteiger partial charge in [-0.1, -0.05) is 41.9 Å². The Bertz CT molecular complexity index is 1670. The molecule has 2 aliphatic rings. The van der Waals surface area contributed by atoms with Crippen molar-refractivity contribution in [2.45, 2.75) is 119 Å². The van der Waals surface area contributed by atoms with E-state index >= 15 is 0 Å². The van der Waals surface area contributed by atoms with Crippen molar-refractivity contribution >= 4 is 23.4 Å². The maximum Gasteiger partial charge on any atom is 0.183 e. The molecule has 1 aromatic carbocycles. The average molecular weight is 661 g/mol. The third-order valence-corrected chi connectivity index (χ3v) is 9.14. The highest BCUT2D eigenvalue weighted by atomic mass is 16.5. The first kappa shape index (κ1) is 38.1. The smallest absolute Gasteiger partial charge is 0.183 e. The third kappa shape index (κ3) is 8.03. The minimum atomic E-state index is -1.60. The Morgan fingerprint density at radius 2 is 1.50 bits per heavy atom. The van der Waals surface area contributed by atoms with Crippen molar-refractivity contribution in [3.05, 3.63) is 80.4 Å². The zero-order valence-corrected chi connectivity index (χ0v) is 30.0. The summed E-state index contributed by atoms with van der Waals surface area (Å²) >= 11 is 0. The van der Waals surface area contributed by atoms with Gasteiger partial charge in [-0.3, -0.25) is 14.4 Å². The molecule has 2 atom stereocenters. The first-order chi connectivity index (χ1) is 22.4. The maximum absolute atomic E-state index is 13.7. The number of hydrogen-bond donors (Lipinski definition) is 4. The van der Waals surface area contributed by atoms with E-state index in [9.17, 15) is 34.8 Å². The van der Waals surface area contributed by atoms with Gasteiger partial charge in [0.1, 0.15) is 45.5 Å². The van der Waals surface area contributed by atoms with Gasteiger partial charge in [0.05, 0.1) is 11.0 Å². The summed E-state index contributed by atoms with van der Waals surface area (Å²) in [7, 11) is 0. The minimum absolute atomic E-state index is 0.0518. The van der Waals surface area contributed by atoms with Gasteiger partial charge in [0.2, 0.25) is 0 Å². The highest BCUT2D eigenvalue weighted by molar-refractivity contribution is 6.23. The molecule has 8 nitrogen and oxygen atoms in total. The van der Waals surface area contributed by atoms with Crippen molar-refractivity contribution in [1.29, 1.82) is 0 Å². The Morgan fingerprint density at radius 3 is 2.08 bits per heavy atom. The van der Waals surface area contributed by atoms with Gasteiger partial charge in [-0.25, -0.2) is 0 Å². The number of carbonyl (C=O) groups is 3. The molecule has 0 saturated carbocycles. The maximum atomic E-state index is 13.7. The van der Waals surface area contributed by atoms with E-state index in [1.165, 1.54) is 12.5 Å². The van der Waals surface area contributed by atoms with E-state index in [1.807, 2.05) is 54.5 Å². The van der Waals surface area contributed by atoms with Crippen LogP contribution in [0, 0.1) is 5.41 Å². The van der Waals surface area contributed by atoms with Crippen molar-refractivity contribution in [3.63, 3.8) is 0 Å². The van der Waals surface area contributed by atoms with Crippen LogP contribution in [0.15, 0.2) is 63.7 Å². The number of Topliss-reactive ketones (excluding diaryl/α,β-unsaturated/α-hetero) is 3. The standard InChI is InChI=1S/C40H52O8/c1-10-13-30(42)32-34(44)28(33(43)27-18-20-39(8,48-36(27)32)19-12-15-24(4)5)22-29-35(45)31(26(7)41)38(47)40(9,37(29)46)21-17-25(6)16-11-14-23(2)3/h14-15,17-18,20,43-46H,10-13,16,19,21-22H2,1-9H3/t39-,40-/m1/s1. The van der Waals surface area contributed by atoms with Gasteiger partial charge in [-0.15, -0.1) is 0 Å². The molecule has 1 aliphatic heterocycles. The van der Waals surface area contributed by atoms with Crippen LogP contribution in [0.1, 0.15) is 129 Å². The zero-order chi connectivity index (χ0) is 36.1. The number of ketones is 3. The van der Waals surface area contributed by atoms with Gasteiger partial charge in [-0.05, 0) is 106 Å². The molecule has 0 bridgehead atoms. The average Bonchev–Trinajstić information content (AvgIpc) is 2.98. The molecule has 1 aromatic rings. The summed E-state index contributed by atoms with van der Waals surface area (Å²) in [6, 6.07) is 0. The lowest BCUT2D eigenvalue weighted by Crippen LogP contribution is -2.38. The lowest BCUT2D eigenvalue weighted by Gasteiger charge is -2.35. The fourth-order valence-electron chi connectivity index (χ4n) is 6.14. The summed E-state index contributed by atoms with van der Waals surface area (Å²) in [6.45, 7) is 16.3. The number of aliphatic hydroxyl groups excluding tert-OH is 2. The third-order valence-electron chi connectivity index (χ3n) is 9.14. The second-order valence-electron chi connectivity index (χ2n) is 14.1. The van der Waals surface area contributed by atoms with Gasteiger partial charge in [0.15, 0.2) is 17.3 Å². The minimum Gasteiger partial charge on any atom is -0.511 e. The molecule has 8 heteroatoms. The van der Waals surface area contributed by atoms with E-state index in [-0.39, 0.29) is 40.9 Å². The lowest BCUT2D eigenvalue weighted by atomic mass is 9.70. The molecule has 260 valence electrons. The molecule has 48 heavy (non-hydrogen) atoms. The van der Waals surface area contributed by atoms with Crippen molar-refractivity contribution in [2.75, 3.05) is 0 Å². The number of aromatic hydroxyl groups is 2. The fourth-order valence-corrected chi connectivity index (χ4v) is 6.14. The van der Waals surface area contributed by atoms with Crippen LogP contribution in [-0.4, -0.2) is 43.4 Å². The lowest BCUT2D eigenvalue weighted by molar-refractivity contribution is -0.127. The molecular formula is C40H52O8. The van der Waals surface area contributed by atoms with Crippen LogP contribution < -0.4 is 4.74 Å². The van der Waals surface area contributed by atoms with Gasteiger partial charge >= 0.3 is 0 Å². The number of allylic oxidation sites excluding steroid dienone is 9. The van der Waals surface area contributed by atoms with Crippen LogP contribution in [-0.2, 0) is 16.0 Å². The molecule has 0 radical (unpaired) electrons. The van der Waals surface area contributed by atoms with E-state index in [0.717, 1.165) is 30.9 Å². The van der Waals surface area contributed by atoms with E-state index in [0.29, 0.717) is 19.3 Å². The Hall–Kier alpha value is -4.33. The molecule has 0 unspecified atom stereocenters. The number of phenolic OH excluding ortho intramolecular Hbond substituents is 2. The van der Waals surface area contributed by atoms with E-state index in [4.69, 9.17) is 4.74 Å². The number of rotatable bonds is 14. The Labute approximate surface area is 284 Å². The van der Waals surface area contributed by atoms with Gasteiger partial charge in [0.25, 0.3) is 0 Å². The SMILES string of the molecule is CCCC(=O)c1c(O)c(CC2=C(O)[C@@](C)(CC=C(C)CCC=C(C)C)C(=O)C(C(C)=O)=C2O)c(O)c2c1O[C@](C)(CCC=C(C)C)C=C2. The van der Waals surface area contributed by atoms with E-state index in [2.05, 4.69) is 12.2 Å². The first-order valence-corrected chi connectivity index (χ1v) is 16.7. The van der Waals surface area contributed by atoms with Crippen LogP contribution in [0.25, 0.3) is 6.08 Å². The molecular weight excluding hydrogens is 608 g/mol. The zero-order valence-electron chi connectivity index (χ0n) is 30.0. The fraction of sp³-hybridized carbons (Fsp3) is 0.475. The van der Waals surface area contributed by atoms with E-state index in [1.54, 1.807) is 12.2 Å². The number of fused-ring (bicyclic) bond motifs is 1. The topological polar surface area (TPSA) is 141 Å².